The van der Waals surface area contributed by atoms with E-state index in [4.69, 9.17) is 14.7 Å². The molecule has 0 bridgehead atoms. The first-order chi connectivity index (χ1) is 17.0. The van der Waals surface area contributed by atoms with Crippen LogP contribution < -0.4 is 14.5 Å². The molecule has 0 saturated heterocycles. The Hall–Kier alpha value is -3.86. The largest absolute Gasteiger partial charge is 0.459 e. The molecule has 0 fully saturated rings. The summed E-state index contributed by atoms with van der Waals surface area (Å²) in [6, 6.07) is 23.6. The number of benzene rings is 3. The van der Waals surface area contributed by atoms with Crippen LogP contribution in [0.1, 0.15) is 30.5 Å². The molecule has 1 atom stereocenters. The van der Waals surface area contributed by atoms with Crippen LogP contribution in [0.15, 0.2) is 77.9 Å². The van der Waals surface area contributed by atoms with Crippen molar-refractivity contribution < 1.29 is 4.74 Å². The summed E-state index contributed by atoms with van der Waals surface area (Å²) in [7, 11) is 2.11. The van der Waals surface area contributed by atoms with E-state index in [2.05, 4.69) is 91.4 Å². The number of anilines is 2. The lowest BCUT2D eigenvalue weighted by Gasteiger charge is -2.45. The van der Waals surface area contributed by atoms with Crippen LogP contribution in [0.4, 0.5) is 17.1 Å². The van der Waals surface area contributed by atoms with Crippen LogP contribution in [-0.2, 0) is 18.4 Å². The van der Waals surface area contributed by atoms with Gasteiger partial charge in [-0.3, -0.25) is 9.98 Å². The Morgan fingerprint density at radius 2 is 1.71 bits per heavy atom. The molecule has 3 aliphatic heterocycles. The Kier molecular flexibility index (Phi) is 4.15. The lowest BCUT2D eigenvalue weighted by atomic mass is 9.77. The van der Waals surface area contributed by atoms with Crippen molar-refractivity contribution >= 4 is 34.2 Å². The molecule has 1 spiro atoms. The fraction of sp³-hybridized carbons (Fsp3) is 0.267. The molecule has 1 aromatic heterocycles. The van der Waals surface area contributed by atoms with Gasteiger partial charge in [0, 0.05) is 43.5 Å². The standard InChI is InChI=1S/C30H28N4O/c1-29(2)23-12-6-7-13-24(23)33(3)30(29)19-32-28-22-11-8-15-31-27(22)25(17-26(28)35-30)34-16-14-20-9-4-5-10-21(20)18-34/h4-13,15,17,19H,14,16,18H2,1-3H3. The number of aromatic nitrogens is 1. The molecular weight excluding hydrogens is 432 g/mol. The minimum Gasteiger partial charge on any atom is -0.459 e. The van der Waals surface area contributed by atoms with E-state index in [1.165, 1.54) is 22.4 Å². The molecule has 1 unspecified atom stereocenters. The maximum absolute atomic E-state index is 7.02. The van der Waals surface area contributed by atoms with Crippen LogP contribution in [0.3, 0.4) is 0 Å². The van der Waals surface area contributed by atoms with Gasteiger partial charge in [0.15, 0.2) is 5.75 Å². The number of rotatable bonds is 1. The third-order valence-electron chi connectivity index (χ3n) is 8.24. The Balaban J connectivity index is 1.38. The number of likely N-dealkylation sites (N-methyl/N-ethyl adjacent to an activating group) is 1. The number of pyridine rings is 1. The maximum Gasteiger partial charge on any atom is 0.228 e. The predicted octanol–water partition coefficient (Wildman–Crippen LogP) is 6.02. The Bertz CT molecular complexity index is 1520. The molecule has 5 nitrogen and oxygen atoms in total. The van der Waals surface area contributed by atoms with Crippen LogP contribution in [0.2, 0.25) is 0 Å². The zero-order valence-corrected chi connectivity index (χ0v) is 20.3. The Labute approximate surface area is 205 Å². The monoisotopic (exact) mass is 460 g/mol. The average molecular weight is 461 g/mol. The van der Waals surface area contributed by atoms with Crippen LogP contribution >= 0.6 is 0 Å². The summed E-state index contributed by atoms with van der Waals surface area (Å²) in [4.78, 5) is 14.5. The van der Waals surface area contributed by atoms with Gasteiger partial charge in [0.05, 0.1) is 22.8 Å². The van der Waals surface area contributed by atoms with Crippen molar-refractivity contribution in [1.82, 2.24) is 4.98 Å². The van der Waals surface area contributed by atoms with Crippen LogP contribution in [0, 0.1) is 0 Å². The van der Waals surface area contributed by atoms with Crippen molar-refractivity contribution in [2.45, 2.75) is 38.0 Å². The first-order valence-corrected chi connectivity index (χ1v) is 12.3. The van der Waals surface area contributed by atoms with Gasteiger partial charge in [0.25, 0.3) is 0 Å². The second-order valence-electron chi connectivity index (χ2n) is 10.3. The first kappa shape index (κ1) is 20.5. The molecule has 35 heavy (non-hydrogen) atoms. The van der Waals surface area contributed by atoms with Crippen LogP contribution in [0.25, 0.3) is 10.9 Å². The minimum atomic E-state index is -0.703. The summed E-state index contributed by atoms with van der Waals surface area (Å²) in [5.74, 6) is 0.814. The third-order valence-corrected chi connectivity index (χ3v) is 8.24. The number of aliphatic imine (C=N–C) groups is 1. The molecule has 4 heterocycles. The van der Waals surface area contributed by atoms with Gasteiger partial charge in [-0.1, -0.05) is 42.5 Å². The third kappa shape index (κ3) is 2.69. The van der Waals surface area contributed by atoms with Crippen molar-refractivity contribution in [3.05, 3.63) is 89.6 Å². The molecule has 7 rings (SSSR count). The van der Waals surface area contributed by atoms with E-state index in [1.54, 1.807) is 0 Å². The minimum absolute atomic E-state index is 0.284. The highest BCUT2D eigenvalue weighted by Gasteiger charge is 2.58. The molecule has 174 valence electrons. The van der Waals surface area contributed by atoms with Crippen molar-refractivity contribution in [2.75, 3.05) is 23.4 Å². The van der Waals surface area contributed by atoms with E-state index in [0.717, 1.165) is 47.5 Å². The topological polar surface area (TPSA) is 41.0 Å². The molecular formula is C30H28N4O. The number of fused-ring (bicyclic) bond motifs is 5. The molecule has 4 aromatic rings. The van der Waals surface area contributed by atoms with E-state index < -0.39 is 5.72 Å². The van der Waals surface area contributed by atoms with Crippen molar-refractivity contribution in [3.8, 4) is 5.75 Å². The summed E-state index contributed by atoms with van der Waals surface area (Å²) >= 11 is 0. The molecule has 3 aromatic carbocycles. The highest BCUT2D eigenvalue weighted by molar-refractivity contribution is 6.04. The highest BCUT2D eigenvalue weighted by Crippen LogP contribution is 2.55. The second kappa shape index (κ2) is 7.08. The summed E-state index contributed by atoms with van der Waals surface area (Å²) < 4.78 is 7.02. The lowest BCUT2D eigenvalue weighted by Crippen LogP contribution is -2.61. The summed E-state index contributed by atoms with van der Waals surface area (Å²) in [6.07, 6.45) is 4.89. The maximum atomic E-state index is 7.02. The summed E-state index contributed by atoms with van der Waals surface area (Å²) in [6.45, 7) is 6.31. The normalized spacial score (nSPS) is 21.6. The van der Waals surface area contributed by atoms with E-state index in [-0.39, 0.29) is 5.41 Å². The van der Waals surface area contributed by atoms with Gasteiger partial charge in [-0.05, 0) is 55.2 Å². The van der Waals surface area contributed by atoms with Gasteiger partial charge in [-0.2, -0.15) is 0 Å². The molecule has 3 aliphatic rings. The highest BCUT2D eigenvalue weighted by atomic mass is 16.5. The van der Waals surface area contributed by atoms with E-state index in [0.29, 0.717) is 0 Å². The van der Waals surface area contributed by atoms with Crippen molar-refractivity contribution in [1.29, 1.82) is 0 Å². The fourth-order valence-corrected chi connectivity index (χ4v) is 6.22. The Morgan fingerprint density at radius 1 is 0.914 bits per heavy atom. The first-order valence-electron chi connectivity index (χ1n) is 12.3. The molecule has 0 N–H and O–H groups in total. The summed E-state index contributed by atoms with van der Waals surface area (Å²) in [5.41, 5.74) is 7.23. The molecule has 0 amide bonds. The number of para-hydroxylation sites is 1. The lowest BCUT2D eigenvalue weighted by molar-refractivity contribution is 0.0827. The SMILES string of the molecule is CN1c2ccccc2C(C)(C)C12C=Nc1c(cc(N3CCc4ccccc4C3)c3ncccc13)O2. The van der Waals surface area contributed by atoms with Crippen molar-refractivity contribution in [2.24, 2.45) is 4.99 Å². The van der Waals surface area contributed by atoms with Crippen molar-refractivity contribution in [3.63, 3.8) is 0 Å². The Morgan fingerprint density at radius 3 is 2.57 bits per heavy atom. The molecule has 0 saturated carbocycles. The zero-order valence-electron chi connectivity index (χ0n) is 20.3. The molecule has 0 aliphatic carbocycles. The van der Waals surface area contributed by atoms with E-state index in [9.17, 15) is 0 Å². The number of nitrogens with zero attached hydrogens (tertiary/aromatic N) is 4. The second-order valence-corrected chi connectivity index (χ2v) is 10.3. The average Bonchev–Trinajstić information content (AvgIpc) is 3.06. The van der Waals surface area contributed by atoms with Gasteiger partial charge in [0.2, 0.25) is 5.72 Å². The number of ether oxygens (including phenoxy) is 1. The van der Waals surface area contributed by atoms with Crippen LogP contribution in [-0.4, -0.2) is 30.5 Å². The van der Waals surface area contributed by atoms with Gasteiger partial charge in [-0.25, -0.2) is 0 Å². The van der Waals surface area contributed by atoms with Crippen LogP contribution in [0.5, 0.6) is 5.75 Å². The quantitative estimate of drug-likeness (QED) is 0.349. The fourth-order valence-electron chi connectivity index (χ4n) is 6.22. The smallest absolute Gasteiger partial charge is 0.228 e. The van der Waals surface area contributed by atoms with E-state index >= 15 is 0 Å². The predicted molar refractivity (Wildman–Crippen MR) is 142 cm³/mol. The number of hydrogen-bond acceptors (Lipinski definition) is 5. The summed E-state index contributed by atoms with van der Waals surface area (Å²) in [5, 5.41) is 1.03. The zero-order chi connectivity index (χ0) is 23.8. The number of hydrogen-bond donors (Lipinski definition) is 0. The van der Waals surface area contributed by atoms with Gasteiger partial charge in [0.1, 0.15) is 5.69 Å². The van der Waals surface area contributed by atoms with E-state index in [1.807, 2.05) is 18.5 Å². The van der Waals surface area contributed by atoms with Gasteiger partial charge >= 0.3 is 0 Å². The van der Waals surface area contributed by atoms with Gasteiger partial charge in [-0.15, -0.1) is 0 Å². The van der Waals surface area contributed by atoms with Gasteiger partial charge < -0.3 is 14.5 Å². The molecule has 0 radical (unpaired) electrons. The molecule has 5 heteroatoms.